The van der Waals surface area contributed by atoms with Gasteiger partial charge < -0.3 is 4.98 Å². The number of nitrogens with one attached hydrogen (secondary N) is 1. The van der Waals surface area contributed by atoms with Gasteiger partial charge in [-0.1, -0.05) is 23.4 Å². The number of rotatable bonds is 2. The Balaban J connectivity index is 2.30. The van der Waals surface area contributed by atoms with Gasteiger partial charge in [-0.2, -0.15) is 0 Å². The molecule has 0 spiro atoms. The highest BCUT2D eigenvalue weighted by Crippen LogP contribution is 2.28. The summed E-state index contributed by atoms with van der Waals surface area (Å²) in [6, 6.07) is 7.41. The maximum absolute atomic E-state index is 11.3. The van der Waals surface area contributed by atoms with Gasteiger partial charge in [-0.05, 0) is 46.9 Å². The van der Waals surface area contributed by atoms with E-state index in [1.165, 1.54) is 18.1 Å². The average molecular weight is 365 g/mol. The van der Waals surface area contributed by atoms with Crippen LogP contribution in [0.4, 0.5) is 0 Å². The quantitative estimate of drug-likeness (QED) is 0.657. The average Bonchev–Trinajstić information content (AvgIpc) is 2.28. The highest BCUT2D eigenvalue weighted by molar-refractivity contribution is 14.1. The molecule has 0 aliphatic carbocycles. The zero-order chi connectivity index (χ0) is 11.5. The van der Waals surface area contributed by atoms with Crippen molar-refractivity contribution in [2.75, 3.05) is 0 Å². The van der Waals surface area contributed by atoms with Gasteiger partial charge in [0.2, 0.25) is 0 Å². The van der Waals surface area contributed by atoms with Crippen LogP contribution in [0.5, 0.6) is 0 Å². The summed E-state index contributed by atoms with van der Waals surface area (Å²) in [5.41, 5.74) is -0.118. The number of aromatic amines is 1. The first-order valence-electron chi connectivity index (χ1n) is 4.33. The molecule has 3 nitrogen and oxygen atoms in total. The largest absolute Gasteiger partial charge is 0.312 e. The second-order valence-corrected chi connectivity index (χ2v) is 5.48. The zero-order valence-corrected chi connectivity index (χ0v) is 11.6. The SMILES string of the molecule is O=c1[nH]cnc(Sc2ccc(Cl)cc2)c1I. The normalized spacial score (nSPS) is 10.4. The third kappa shape index (κ3) is 2.78. The highest BCUT2D eigenvalue weighted by atomic mass is 127. The van der Waals surface area contributed by atoms with Crippen LogP contribution in [0.25, 0.3) is 0 Å². The van der Waals surface area contributed by atoms with E-state index in [-0.39, 0.29) is 5.56 Å². The predicted octanol–water partition coefficient (Wildman–Crippen LogP) is 3.18. The zero-order valence-electron chi connectivity index (χ0n) is 7.91. The summed E-state index contributed by atoms with van der Waals surface area (Å²) in [5.74, 6) is 0. The molecule has 16 heavy (non-hydrogen) atoms. The third-order valence-electron chi connectivity index (χ3n) is 1.79. The number of hydrogen-bond donors (Lipinski definition) is 1. The molecule has 1 aromatic heterocycles. The van der Waals surface area contributed by atoms with Crippen LogP contribution in [0.1, 0.15) is 0 Å². The maximum atomic E-state index is 11.3. The highest BCUT2D eigenvalue weighted by Gasteiger charge is 2.06. The maximum Gasteiger partial charge on any atom is 0.265 e. The van der Waals surface area contributed by atoms with Gasteiger partial charge in [-0.25, -0.2) is 4.98 Å². The summed E-state index contributed by atoms with van der Waals surface area (Å²) < 4.78 is 0.597. The fourth-order valence-corrected chi connectivity index (χ4v) is 2.59. The smallest absolute Gasteiger partial charge is 0.265 e. The van der Waals surface area contributed by atoms with Crippen molar-refractivity contribution in [1.29, 1.82) is 0 Å². The van der Waals surface area contributed by atoms with Crippen LogP contribution in [-0.2, 0) is 0 Å². The summed E-state index contributed by atoms with van der Waals surface area (Å²) in [5, 5.41) is 1.39. The van der Waals surface area contributed by atoms with Crippen molar-refractivity contribution in [3.05, 3.63) is 49.5 Å². The van der Waals surface area contributed by atoms with Crippen molar-refractivity contribution in [1.82, 2.24) is 9.97 Å². The fourth-order valence-electron chi connectivity index (χ4n) is 1.05. The number of H-pyrrole nitrogens is 1. The Labute approximate surface area is 115 Å². The van der Waals surface area contributed by atoms with E-state index in [0.29, 0.717) is 13.6 Å². The molecule has 0 aliphatic rings. The van der Waals surface area contributed by atoms with Crippen LogP contribution in [0.3, 0.4) is 0 Å². The lowest BCUT2D eigenvalue weighted by atomic mass is 10.4. The molecule has 0 saturated heterocycles. The number of halogens is 2. The van der Waals surface area contributed by atoms with E-state index in [1.54, 1.807) is 0 Å². The fraction of sp³-hybridized carbons (Fsp3) is 0. The molecular weight excluding hydrogens is 359 g/mol. The van der Waals surface area contributed by atoms with Crippen molar-refractivity contribution in [3.8, 4) is 0 Å². The third-order valence-corrected chi connectivity index (χ3v) is 4.42. The second-order valence-electron chi connectivity index (χ2n) is 2.91. The molecule has 0 unspecified atom stereocenters. The Hall–Kier alpha value is -0.530. The minimum Gasteiger partial charge on any atom is -0.312 e. The lowest BCUT2D eigenvalue weighted by molar-refractivity contribution is 0.988. The van der Waals surface area contributed by atoms with Crippen molar-refractivity contribution < 1.29 is 0 Å². The first kappa shape index (κ1) is 11.9. The van der Waals surface area contributed by atoms with Crippen LogP contribution in [-0.4, -0.2) is 9.97 Å². The molecular formula is C10H6ClIN2OS. The van der Waals surface area contributed by atoms with Crippen LogP contribution in [0, 0.1) is 3.57 Å². The molecule has 1 N–H and O–H groups in total. The second kappa shape index (κ2) is 5.20. The summed E-state index contributed by atoms with van der Waals surface area (Å²) in [7, 11) is 0. The number of benzene rings is 1. The van der Waals surface area contributed by atoms with Gasteiger partial charge in [0.25, 0.3) is 5.56 Å². The van der Waals surface area contributed by atoms with Gasteiger partial charge in [0.1, 0.15) is 8.60 Å². The van der Waals surface area contributed by atoms with E-state index >= 15 is 0 Å². The number of aromatic nitrogens is 2. The molecule has 0 saturated carbocycles. The van der Waals surface area contributed by atoms with Crippen molar-refractivity contribution in [3.63, 3.8) is 0 Å². The van der Waals surface area contributed by atoms with Gasteiger partial charge in [-0.15, -0.1) is 0 Å². The first-order chi connectivity index (χ1) is 7.66. The van der Waals surface area contributed by atoms with E-state index < -0.39 is 0 Å². The lowest BCUT2D eigenvalue weighted by Gasteiger charge is -2.01. The Morgan fingerprint density at radius 3 is 2.69 bits per heavy atom. The number of nitrogens with zero attached hydrogens (tertiary/aromatic N) is 1. The molecule has 0 amide bonds. The van der Waals surface area contributed by atoms with Crippen molar-refractivity contribution >= 4 is 46.0 Å². The first-order valence-corrected chi connectivity index (χ1v) is 6.61. The molecule has 2 aromatic rings. The Morgan fingerprint density at radius 1 is 1.31 bits per heavy atom. The lowest BCUT2D eigenvalue weighted by Crippen LogP contribution is -2.10. The van der Waals surface area contributed by atoms with Crippen LogP contribution in [0.2, 0.25) is 5.02 Å². The summed E-state index contributed by atoms with van der Waals surface area (Å²) in [6.07, 6.45) is 1.41. The van der Waals surface area contributed by atoms with Crippen LogP contribution >= 0.6 is 46.0 Å². The Bertz CT molecular complexity index is 555. The summed E-state index contributed by atoms with van der Waals surface area (Å²) >= 11 is 9.21. The molecule has 0 radical (unpaired) electrons. The van der Waals surface area contributed by atoms with Gasteiger partial charge in [0.15, 0.2) is 0 Å². The predicted molar refractivity (Wildman–Crippen MR) is 73.1 cm³/mol. The Morgan fingerprint density at radius 2 is 2.00 bits per heavy atom. The molecule has 0 bridgehead atoms. The minimum atomic E-state index is -0.118. The molecule has 0 atom stereocenters. The molecule has 82 valence electrons. The van der Waals surface area contributed by atoms with Gasteiger partial charge in [0.05, 0.1) is 6.33 Å². The molecule has 0 aliphatic heterocycles. The molecule has 6 heteroatoms. The van der Waals surface area contributed by atoms with E-state index in [0.717, 1.165) is 4.90 Å². The van der Waals surface area contributed by atoms with Gasteiger partial charge >= 0.3 is 0 Å². The van der Waals surface area contributed by atoms with E-state index in [1.807, 2.05) is 46.9 Å². The molecule has 1 aromatic carbocycles. The van der Waals surface area contributed by atoms with Crippen molar-refractivity contribution in [2.45, 2.75) is 9.92 Å². The van der Waals surface area contributed by atoms with Crippen molar-refractivity contribution in [2.24, 2.45) is 0 Å². The topological polar surface area (TPSA) is 45.8 Å². The van der Waals surface area contributed by atoms with Crippen LogP contribution in [0.15, 0.2) is 45.3 Å². The van der Waals surface area contributed by atoms with E-state index in [9.17, 15) is 4.79 Å². The van der Waals surface area contributed by atoms with Gasteiger partial charge in [0, 0.05) is 9.92 Å². The summed E-state index contributed by atoms with van der Waals surface area (Å²) in [4.78, 5) is 19.0. The molecule has 2 rings (SSSR count). The van der Waals surface area contributed by atoms with E-state index in [4.69, 9.17) is 11.6 Å². The minimum absolute atomic E-state index is 0.118. The standard InChI is InChI=1S/C10H6ClIN2OS/c11-6-1-3-7(4-2-6)16-10-8(12)9(15)13-5-14-10/h1-5H,(H,13,14,15). The summed E-state index contributed by atoms with van der Waals surface area (Å²) in [6.45, 7) is 0. The molecule has 0 fully saturated rings. The monoisotopic (exact) mass is 364 g/mol. The molecule has 1 heterocycles. The number of hydrogen-bond acceptors (Lipinski definition) is 3. The Kier molecular flexibility index (Phi) is 3.88. The van der Waals surface area contributed by atoms with Crippen LogP contribution < -0.4 is 5.56 Å². The van der Waals surface area contributed by atoms with Gasteiger partial charge in [-0.3, -0.25) is 4.79 Å². The van der Waals surface area contributed by atoms with E-state index in [2.05, 4.69) is 9.97 Å².